The highest BCUT2D eigenvalue weighted by Crippen LogP contribution is 2.42. The largest absolute Gasteiger partial charge is 1.00 e. The van der Waals surface area contributed by atoms with E-state index in [9.17, 15) is 105 Å². The number of hydrogen-bond acceptors (Lipinski definition) is 0. The van der Waals surface area contributed by atoms with Gasteiger partial charge < -0.3 is 0 Å². The molecule has 0 amide bonds. The molecule has 7 rings (SSSR count). The maximum Gasteiger partial charge on any atom is 1.00 e. The van der Waals surface area contributed by atoms with Crippen molar-refractivity contribution >= 4 is 33.6 Å². The summed E-state index contributed by atoms with van der Waals surface area (Å²) in [7, 11) is 0. The second-order valence-electron chi connectivity index (χ2n) is 16.7. The lowest BCUT2D eigenvalue weighted by molar-refractivity contribution is -0.144. The molecular formula is C51H28BF24+. The molecule has 0 unspecified atom stereocenters. The van der Waals surface area contributed by atoms with E-state index in [1.807, 2.05) is 0 Å². The zero-order valence-electron chi connectivity index (χ0n) is 38.2. The van der Waals surface area contributed by atoms with Crippen molar-refractivity contribution in [1.29, 1.82) is 0 Å². The Morgan fingerprint density at radius 1 is 0.303 bits per heavy atom. The van der Waals surface area contributed by atoms with E-state index in [-0.39, 0.29) is 1.43 Å². The van der Waals surface area contributed by atoms with Crippen LogP contribution in [0, 0.1) is 6.42 Å². The van der Waals surface area contributed by atoms with E-state index in [0.717, 1.165) is 0 Å². The van der Waals surface area contributed by atoms with E-state index in [2.05, 4.69) is 91.4 Å². The second kappa shape index (κ2) is 20.4. The molecule has 0 bridgehead atoms. The first-order valence-electron chi connectivity index (χ1n) is 21.1. The monoisotopic (exact) mass is 1110 g/mol. The van der Waals surface area contributed by atoms with Gasteiger partial charge in [-0.1, -0.05) is 84.9 Å². The molecule has 0 nitrogen and oxygen atoms in total. The quantitative estimate of drug-likeness (QED) is 0.0886. The number of hydrogen-bond donors (Lipinski definition) is 0. The summed E-state index contributed by atoms with van der Waals surface area (Å²) >= 11 is 0. The summed E-state index contributed by atoms with van der Waals surface area (Å²) in [5.74, 6) is 0. The van der Waals surface area contributed by atoms with E-state index < -0.39 is 195 Å². The van der Waals surface area contributed by atoms with Crippen LogP contribution in [0.2, 0.25) is 0 Å². The summed E-state index contributed by atoms with van der Waals surface area (Å²) in [6.07, 6.45) is -44.3. The van der Waals surface area contributed by atoms with Crippen molar-refractivity contribution in [2.75, 3.05) is 0 Å². The number of halogens is 24. The van der Waals surface area contributed by atoms with Gasteiger partial charge in [0.1, 0.15) is 11.7 Å². The summed E-state index contributed by atoms with van der Waals surface area (Å²) in [4.78, 5) is 0. The molecule has 6 aromatic carbocycles. The Morgan fingerprint density at radius 2 is 0.526 bits per heavy atom. The molecule has 0 saturated heterocycles. The average Bonchev–Trinajstić information content (AvgIpc) is 3.31. The Labute approximate surface area is 414 Å². The van der Waals surface area contributed by atoms with E-state index in [1.165, 1.54) is 22.3 Å². The van der Waals surface area contributed by atoms with Crippen molar-refractivity contribution in [1.82, 2.24) is 0 Å². The SMILES string of the molecule is C1=C[CH+]C(=C(c2ccccc2)c2ccccc2)C=C1.FC(F)(F)c1cc([B-](c2cc(C(F)(F)F)cc(C(F)(F)F)c2)(c2cc(C(F)(F)F)cc(C(F)(F)F)c2)c2cc(C(F)(F)F)cc(C(F)(F)F)c2)cc(C(F)(F)F)c1.[H+]. The van der Waals surface area contributed by atoms with Crippen LogP contribution in [0.3, 0.4) is 0 Å². The van der Waals surface area contributed by atoms with Crippen LogP contribution in [-0.2, 0) is 49.4 Å². The average molecular weight is 1110 g/mol. The molecular weight excluding hydrogens is 1080 g/mol. The van der Waals surface area contributed by atoms with Crippen LogP contribution in [0.25, 0.3) is 5.57 Å². The number of alkyl halides is 24. The van der Waals surface area contributed by atoms with Gasteiger partial charge in [-0.3, -0.25) is 0 Å². The highest BCUT2D eigenvalue weighted by atomic mass is 19.4. The summed E-state index contributed by atoms with van der Waals surface area (Å²) in [6.45, 7) is 0. The Kier molecular flexibility index (Phi) is 15.6. The summed E-state index contributed by atoms with van der Waals surface area (Å²) in [6, 6.07) is 12.3. The number of rotatable bonds is 6. The fraction of sp³-hybridized carbons (Fsp3) is 0.157. The molecule has 1 aliphatic rings. The molecule has 6 aromatic rings. The van der Waals surface area contributed by atoms with Crippen LogP contribution in [0.1, 0.15) is 57.1 Å². The number of allylic oxidation sites excluding steroid dienone is 5. The smallest absolute Gasteiger partial charge is 0.194 e. The van der Waals surface area contributed by atoms with Crippen LogP contribution in [0.4, 0.5) is 105 Å². The Bertz CT molecular complexity index is 2670. The molecule has 0 radical (unpaired) electrons. The Morgan fingerprint density at radius 3 is 0.711 bits per heavy atom. The van der Waals surface area contributed by atoms with Crippen LogP contribution in [0.5, 0.6) is 0 Å². The predicted molar refractivity (Wildman–Crippen MR) is 233 cm³/mol. The topological polar surface area (TPSA) is 0 Å². The van der Waals surface area contributed by atoms with Gasteiger partial charge in [0.2, 0.25) is 0 Å². The molecule has 0 fully saturated rings. The first kappa shape index (κ1) is 58.1. The molecule has 0 aliphatic heterocycles. The maximum atomic E-state index is 14.2. The molecule has 402 valence electrons. The van der Waals surface area contributed by atoms with Crippen LogP contribution in [0.15, 0.2) is 163 Å². The second-order valence-corrected chi connectivity index (χ2v) is 16.7. The third kappa shape index (κ3) is 13.1. The van der Waals surface area contributed by atoms with Crippen LogP contribution < -0.4 is 21.9 Å². The first-order valence-corrected chi connectivity index (χ1v) is 21.1. The molecule has 0 N–H and O–H groups in total. The van der Waals surface area contributed by atoms with Gasteiger partial charge in [0.05, 0.1) is 50.1 Å². The van der Waals surface area contributed by atoms with Crippen molar-refractivity contribution in [3.8, 4) is 0 Å². The van der Waals surface area contributed by atoms with Gasteiger partial charge >= 0.3 is 50.8 Å². The van der Waals surface area contributed by atoms with E-state index in [1.54, 1.807) is 0 Å². The van der Waals surface area contributed by atoms with E-state index in [4.69, 9.17) is 0 Å². The molecule has 0 heterocycles. The maximum absolute atomic E-state index is 14.2. The van der Waals surface area contributed by atoms with Gasteiger partial charge in [-0.2, -0.15) is 127 Å². The van der Waals surface area contributed by atoms with Crippen molar-refractivity contribution in [3.05, 3.63) is 225 Å². The molecule has 0 atom stereocenters. The van der Waals surface area contributed by atoms with Gasteiger partial charge in [0, 0.05) is 41.9 Å². The lowest BCUT2D eigenvalue weighted by Crippen LogP contribution is -2.75. The van der Waals surface area contributed by atoms with Crippen molar-refractivity contribution in [3.63, 3.8) is 0 Å². The van der Waals surface area contributed by atoms with Crippen molar-refractivity contribution in [2.45, 2.75) is 49.4 Å². The predicted octanol–water partition coefficient (Wildman–Crippen LogP) is 16.1. The van der Waals surface area contributed by atoms with Gasteiger partial charge in [-0.25, -0.2) is 0 Å². The lowest BCUT2D eigenvalue weighted by atomic mass is 9.12. The third-order valence-electron chi connectivity index (χ3n) is 11.6. The van der Waals surface area contributed by atoms with E-state index in [0.29, 0.717) is 0 Å². The molecule has 76 heavy (non-hydrogen) atoms. The molecule has 0 aromatic heterocycles. The van der Waals surface area contributed by atoms with Gasteiger partial charge in [-0.15, -0.1) is 0 Å². The van der Waals surface area contributed by atoms with Crippen LogP contribution in [-0.4, -0.2) is 6.15 Å². The molecule has 0 spiro atoms. The highest BCUT2D eigenvalue weighted by molar-refractivity contribution is 7.20. The summed E-state index contributed by atoms with van der Waals surface area (Å²) < 4.78 is 341. The summed E-state index contributed by atoms with van der Waals surface area (Å²) in [5.41, 5.74) is -25.2. The number of benzene rings is 6. The fourth-order valence-electron chi connectivity index (χ4n) is 8.39. The van der Waals surface area contributed by atoms with Crippen LogP contribution >= 0.6 is 0 Å². The third-order valence-corrected chi connectivity index (χ3v) is 11.6. The standard InChI is InChI=1S/C32H12BF24.C19H15/c34-25(35,36)13-1-14(26(37,38)39)6-21(5-13)33(22-7-15(27(40,41)42)2-16(8-22)28(43,44)45,23-9-17(29(46,47)48)3-18(10-23)30(49,50)51)24-11-19(31(52,53)54)4-20(12-24)32(55,56)57;1-4-10-16(11-5-1)19(17-12-6-2-7-13-17)18-14-8-3-9-15-18/h1-12H;1-15H/q-1;+1/p+1. The normalized spacial score (nSPS) is 14.0. The van der Waals surface area contributed by atoms with Crippen molar-refractivity contribution in [2.24, 2.45) is 0 Å². The van der Waals surface area contributed by atoms with Gasteiger partial charge in [-0.05, 0) is 48.5 Å². The molecule has 25 heteroatoms. The first-order chi connectivity index (χ1) is 34.7. The molecule has 1 aliphatic carbocycles. The fourth-order valence-corrected chi connectivity index (χ4v) is 8.39. The minimum absolute atomic E-state index is 0. The highest BCUT2D eigenvalue weighted by Gasteiger charge is 2.47. The zero-order valence-corrected chi connectivity index (χ0v) is 37.2. The minimum atomic E-state index is -6.13. The van der Waals surface area contributed by atoms with Gasteiger partial charge in [0.25, 0.3) is 0 Å². The Hall–Kier alpha value is -7.21. The van der Waals surface area contributed by atoms with Gasteiger partial charge in [0.15, 0.2) is 0 Å². The van der Waals surface area contributed by atoms with E-state index >= 15 is 0 Å². The summed E-state index contributed by atoms with van der Waals surface area (Å²) in [5, 5.41) is 0. The minimum Gasteiger partial charge on any atom is -0.194 e. The molecule has 0 saturated carbocycles. The lowest BCUT2D eigenvalue weighted by Gasteiger charge is -2.46. The Balaban J connectivity index is 0.000000454. The van der Waals surface area contributed by atoms with Crippen molar-refractivity contribution < 1.29 is 107 Å². The zero-order chi connectivity index (χ0) is 56.8.